The Hall–Kier alpha value is -5.14. The van der Waals surface area contributed by atoms with Crippen molar-refractivity contribution >= 4 is 34.5 Å². The second kappa shape index (κ2) is 14.5. The Morgan fingerprint density at radius 2 is 1.65 bits per heavy atom. The van der Waals surface area contributed by atoms with Gasteiger partial charge in [0.15, 0.2) is 0 Å². The number of hydrogen-bond acceptors (Lipinski definition) is 0. The Labute approximate surface area is 293 Å². The molecule has 5 aromatic rings. The molecular formula is C48H49N. The first-order valence-electron chi connectivity index (χ1n) is 17.7. The minimum atomic E-state index is 0.446. The molecule has 0 amide bonds. The van der Waals surface area contributed by atoms with Crippen LogP contribution >= 0.6 is 0 Å². The molecule has 2 aromatic heterocycles. The normalized spacial score (nSPS) is 17.2. The summed E-state index contributed by atoms with van der Waals surface area (Å²) in [6, 6.07) is 24.7. The summed E-state index contributed by atoms with van der Waals surface area (Å²) in [4.78, 5) is 0. The summed E-state index contributed by atoms with van der Waals surface area (Å²) >= 11 is 0. The Kier molecular flexibility index (Phi) is 10.0. The van der Waals surface area contributed by atoms with E-state index in [9.17, 15) is 0 Å². The fourth-order valence-electron chi connectivity index (χ4n) is 6.80. The molecule has 0 atom stereocenters. The molecule has 0 radical (unpaired) electrons. The Morgan fingerprint density at radius 3 is 2.39 bits per heavy atom. The van der Waals surface area contributed by atoms with E-state index >= 15 is 0 Å². The summed E-state index contributed by atoms with van der Waals surface area (Å²) in [5.74, 6) is 0.898. The fraction of sp³-hybridized carbons (Fsp3) is 0.208. The largest absolute Gasteiger partial charge is 0.309 e. The van der Waals surface area contributed by atoms with Crippen LogP contribution in [0.2, 0.25) is 0 Å². The van der Waals surface area contributed by atoms with Crippen molar-refractivity contribution in [3.05, 3.63) is 166 Å². The lowest BCUT2D eigenvalue weighted by atomic mass is 9.92. The molecule has 246 valence electrons. The molecule has 1 aliphatic rings. The fourth-order valence-corrected chi connectivity index (χ4v) is 6.80. The van der Waals surface area contributed by atoms with E-state index in [0.717, 1.165) is 17.7 Å². The molecule has 0 N–H and O–H groups in total. The molecule has 0 aliphatic heterocycles. The number of nitrogens with zero attached hydrogens (tertiary/aromatic N) is 1. The summed E-state index contributed by atoms with van der Waals surface area (Å²) in [5, 5.41) is 4.97. The number of fused-ring (bicyclic) bond motifs is 3. The van der Waals surface area contributed by atoms with Gasteiger partial charge in [-0.15, -0.1) is 0 Å². The Bertz CT molecular complexity index is 2320. The lowest BCUT2D eigenvalue weighted by molar-refractivity contribution is 0.788. The highest BCUT2D eigenvalue weighted by molar-refractivity contribution is 6.04. The molecular weight excluding hydrogens is 591 g/mol. The van der Waals surface area contributed by atoms with Crippen LogP contribution in [0.3, 0.4) is 0 Å². The van der Waals surface area contributed by atoms with E-state index in [1.807, 2.05) is 0 Å². The van der Waals surface area contributed by atoms with Crippen LogP contribution in [0.4, 0.5) is 0 Å². The molecule has 49 heavy (non-hydrogen) atoms. The summed E-state index contributed by atoms with van der Waals surface area (Å²) in [6.45, 7) is 19.9. The van der Waals surface area contributed by atoms with Crippen molar-refractivity contribution < 1.29 is 0 Å². The van der Waals surface area contributed by atoms with Crippen molar-refractivity contribution in [2.24, 2.45) is 11.8 Å². The predicted molar refractivity (Wildman–Crippen MR) is 216 cm³/mol. The zero-order chi connectivity index (χ0) is 34.7. The van der Waals surface area contributed by atoms with Crippen LogP contribution in [0.5, 0.6) is 0 Å². The summed E-state index contributed by atoms with van der Waals surface area (Å²) in [5.41, 5.74) is 13.6. The molecule has 0 spiro atoms. The molecule has 0 unspecified atom stereocenters. The smallest absolute Gasteiger partial charge is 0.0614 e. The SMILES string of the molecule is C=C1C=c2/c(c3cc(-c4ccc(C)cc4-c4ccccc4)cc4cc(/C=C/C=C\C(=C/C(C)=C/C)C(C)C)n2c43)=C\C/C=C(C(C)C)\C=C/1. The van der Waals surface area contributed by atoms with E-state index in [-0.39, 0.29) is 0 Å². The molecule has 1 aliphatic carbocycles. The molecule has 2 heterocycles. The molecule has 0 saturated heterocycles. The molecule has 1 nitrogen and oxygen atoms in total. The van der Waals surface area contributed by atoms with Crippen LogP contribution in [0.15, 0.2) is 144 Å². The first-order chi connectivity index (χ1) is 23.6. The first kappa shape index (κ1) is 33.7. The van der Waals surface area contributed by atoms with Crippen molar-refractivity contribution in [1.82, 2.24) is 4.40 Å². The molecule has 0 saturated carbocycles. The van der Waals surface area contributed by atoms with E-state index in [2.05, 4.69) is 193 Å². The highest BCUT2D eigenvalue weighted by Crippen LogP contribution is 2.36. The van der Waals surface area contributed by atoms with Gasteiger partial charge in [0.05, 0.1) is 10.9 Å². The van der Waals surface area contributed by atoms with Crippen LogP contribution < -0.4 is 10.6 Å². The van der Waals surface area contributed by atoms with Gasteiger partial charge in [0, 0.05) is 21.7 Å². The molecule has 1 heteroatoms. The van der Waals surface area contributed by atoms with Crippen molar-refractivity contribution in [2.75, 3.05) is 0 Å². The number of allylic oxidation sites excluding steroid dienone is 12. The summed E-state index contributed by atoms with van der Waals surface area (Å²) < 4.78 is 2.44. The zero-order valence-corrected chi connectivity index (χ0v) is 30.2. The molecule has 0 fully saturated rings. The predicted octanol–water partition coefficient (Wildman–Crippen LogP) is 12.0. The first-order valence-corrected chi connectivity index (χ1v) is 17.7. The van der Waals surface area contributed by atoms with Crippen LogP contribution in [0.25, 0.3) is 56.8 Å². The van der Waals surface area contributed by atoms with Crippen LogP contribution in [-0.4, -0.2) is 4.40 Å². The zero-order valence-electron chi connectivity index (χ0n) is 30.2. The van der Waals surface area contributed by atoms with E-state index < -0.39 is 0 Å². The van der Waals surface area contributed by atoms with Gasteiger partial charge in [-0.3, -0.25) is 0 Å². The van der Waals surface area contributed by atoms with Gasteiger partial charge in [-0.25, -0.2) is 0 Å². The second-order valence-electron chi connectivity index (χ2n) is 14.0. The topological polar surface area (TPSA) is 4.41 Å². The van der Waals surface area contributed by atoms with Gasteiger partial charge in [-0.2, -0.15) is 0 Å². The quantitative estimate of drug-likeness (QED) is 0.149. The third-order valence-corrected chi connectivity index (χ3v) is 9.64. The standard InChI is InChI=1S/C48H49N/c1-9-34(6)26-39(33(4)5)18-13-14-20-42-30-41-29-40(43-25-23-35(7)27-45(43)38-16-11-10-12-17-38)31-46-44-21-15-19-37(32(2)3)24-22-36(8)28-47(44)49(42)48(41)46/h9-14,16-33H,8,15H2,1-7H3/b18-13-,20-14+,24-22-,34-9+,37-19+,39-26+,44-21-,47-28?. The number of rotatable bonds is 8. The van der Waals surface area contributed by atoms with Gasteiger partial charge in [-0.05, 0) is 108 Å². The number of benzene rings is 3. The van der Waals surface area contributed by atoms with Crippen molar-refractivity contribution in [3.8, 4) is 22.3 Å². The monoisotopic (exact) mass is 639 g/mol. The number of aryl methyl sites for hydroxylation is 1. The van der Waals surface area contributed by atoms with Crippen molar-refractivity contribution in [1.29, 1.82) is 0 Å². The average Bonchev–Trinajstić information content (AvgIpc) is 3.61. The van der Waals surface area contributed by atoms with E-state index in [1.165, 1.54) is 71.4 Å². The molecule has 0 bridgehead atoms. The maximum Gasteiger partial charge on any atom is 0.0614 e. The van der Waals surface area contributed by atoms with Crippen LogP contribution in [-0.2, 0) is 0 Å². The minimum Gasteiger partial charge on any atom is -0.309 e. The van der Waals surface area contributed by atoms with E-state index in [4.69, 9.17) is 0 Å². The number of aromatic nitrogens is 1. The van der Waals surface area contributed by atoms with Gasteiger partial charge in [0.25, 0.3) is 0 Å². The summed E-state index contributed by atoms with van der Waals surface area (Å²) in [6.07, 6.45) is 25.6. The van der Waals surface area contributed by atoms with Crippen molar-refractivity contribution in [3.63, 3.8) is 0 Å². The van der Waals surface area contributed by atoms with Gasteiger partial charge in [0.1, 0.15) is 0 Å². The molecule has 6 rings (SSSR count). The molecule has 3 aromatic carbocycles. The second-order valence-corrected chi connectivity index (χ2v) is 14.0. The highest BCUT2D eigenvalue weighted by Gasteiger charge is 2.17. The van der Waals surface area contributed by atoms with E-state index in [1.54, 1.807) is 0 Å². The van der Waals surface area contributed by atoms with E-state index in [0.29, 0.717) is 11.8 Å². The van der Waals surface area contributed by atoms with Gasteiger partial charge < -0.3 is 4.40 Å². The van der Waals surface area contributed by atoms with Gasteiger partial charge >= 0.3 is 0 Å². The average molecular weight is 640 g/mol. The maximum absolute atomic E-state index is 4.47. The van der Waals surface area contributed by atoms with Crippen molar-refractivity contribution in [2.45, 2.75) is 54.9 Å². The third kappa shape index (κ3) is 7.18. The van der Waals surface area contributed by atoms with Gasteiger partial charge in [0.2, 0.25) is 0 Å². The van der Waals surface area contributed by atoms with Crippen LogP contribution in [0, 0.1) is 18.8 Å². The maximum atomic E-state index is 4.47. The minimum absolute atomic E-state index is 0.446. The Balaban J connectivity index is 1.60. The lowest BCUT2D eigenvalue weighted by Crippen LogP contribution is -2.26. The summed E-state index contributed by atoms with van der Waals surface area (Å²) in [7, 11) is 0. The lowest BCUT2D eigenvalue weighted by Gasteiger charge is -2.12. The number of hydrogen-bond donors (Lipinski definition) is 0. The third-order valence-electron chi connectivity index (χ3n) is 9.64. The highest BCUT2D eigenvalue weighted by atomic mass is 14.9. The van der Waals surface area contributed by atoms with Gasteiger partial charge in [-0.1, -0.05) is 149 Å². The van der Waals surface area contributed by atoms with Crippen LogP contribution in [0.1, 0.15) is 59.2 Å². The Morgan fingerprint density at radius 1 is 0.857 bits per heavy atom.